The SMILES string of the molecule is COc1cc(C(=O)Nc2ccc(C(N)=O)cc2)ccc1OCC(=O)N1CCOCC1. The number of primary amides is 1. The van der Waals surface area contributed by atoms with Gasteiger partial charge in [0.1, 0.15) is 0 Å². The lowest BCUT2D eigenvalue weighted by molar-refractivity contribution is -0.137. The first kappa shape index (κ1) is 21.1. The molecule has 2 aromatic carbocycles. The molecule has 0 radical (unpaired) electrons. The molecular weight excluding hydrogens is 390 g/mol. The molecule has 1 fully saturated rings. The van der Waals surface area contributed by atoms with Crippen molar-refractivity contribution in [2.24, 2.45) is 5.73 Å². The van der Waals surface area contributed by atoms with Gasteiger partial charge in [0.25, 0.3) is 11.8 Å². The zero-order valence-electron chi connectivity index (χ0n) is 16.6. The minimum absolute atomic E-state index is 0.131. The molecule has 0 bridgehead atoms. The predicted octanol–water partition coefficient (Wildman–Crippen LogP) is 1.28. The van der Waals surface area contributed by atoms with E-state index < -0.39 is 5.91 Å². The number of anilines is 1. The summed E-state index contributed by atoms with van der Waals surface area (Å²) in [4.78, 5) is 37.5. The summed E-state index contributed by atoms with van der Waals surface area (Å²) in [6.45, 7) is 1.99. The lowest BCUT2D eigenvalue weighted by Crippen LogP contribution is -2.43. The van der Waals surface area contributed by atoms with Crippen LogP contribution in [0.25, 0.3) is 0 Å². The summed E-state index contributed by atoms with van der Waals surface area (Å²) in [5.74, 6) is -0.346. The number of hydrogen-bond acceptors (Lipinski definition) is 6. The highest BCUT2D eigenvalue weighted by Gasteiger charge is 2.18. The fourth-order valence-electron chi connectivity index (χ4n) is 2.89. The van der Waals surface area contributed by atoms with Crippen LogP contribution in [0.5, 0.6) is 11.5 Å². The Morgan fingerprint density at radius 1 is 1.03 bits per heavy atom. The molecule has 3 amide bonds. The zero-order valence-corrected chi connectivity index (χ0v) is 16.6. The number of ether oxygens (including phenoxy) is 3. The van der Waals surface area contributed by atoms with Gasteiger partial charge in [0, 0.05) is 29.9 Å². The molecule has 0 spiro atoms. The Kier molecular flexibility index (Phi) is 6.87. The van der Waals surface area contributed by atoms with E-state index in [0.29, 0.717) is 54.6 Å². The van der Waals surface area contributed by atoms with E-state index >= 15 is 0 Å². The van der Waals surface area contributed by atoms with Gasteiger partial charge < -0.3 is 30.2 Å². The van der Waals surface area contributed by atoms with Gasteiger partial charge in [0.2, 0.25) is 5.91 Å². The quantitative estimate of drug-likeness (QED) is 0.706. The molecule has 0 aliphatic carbocycles. The van der Waals surface area contributed by atoms with Gasteiger partial charge in [-0.25, -0.2) is 0 Å². The van der Waals surface area contributed by atoms with Gasteiger partial charge in [-0.2, -0.15) is 0 Å². The average molecular weight is 413 g/mol. The number of rotatable bonds is 7. The fourth-order valence-corrected chi connectivity index (χ4v) is 2.89. The molecule has 9 heteroatoms. The van der Waals surface area contributed by atoms with Gasteiger partial charge in [-0.3, -0.25) is 14.4 Å². The third-order valence-electron chi connectivity index (χ3n) is 4.57. The summed E-state index contributed by atoms with van der Waals surface area (Å²) in [5, 5.41) is 2.73. The maximum absolute atomic E-state index is 12.5. The maximum Gasteiger partial charge on any atom is 0.260 e. The highest BCUT2D eigenvalue weighted by atomic mass is 16.5. The van der Waals surface area contributed by atoms with Crippen LogP contribution in [-0.4, -0.2) is 62.6 Å². The normalized spacial score (nSPS) is 13.4. The number of amides is 3. The smallest absolute Gasteiger partial charge is 0.260 e. The number of nitrogens with zero attached hydrogens (tertiary/aromatic N) is 1. The Bertz CT molecular complexity index is 923. The number of hydrogen-bond donors (Lipinski definition) is 2. The van der Waals surface area contributed by atoms with E-state index in [-0.39, 0.29) is 18.4 Å². The summed E-state index contributed by atoms with van der Waals surface area (Å²) in [6, 6.07) is 10.9. The summed E-state index contributed by atoms with van der Waals surface area (Å²) in [7, 11) is 1.45. The van der Waals surface area contributed by atoms with Crippen molar-refractivity contribution in [2.75, 3.05) is 45.3 Å². The first-order valence-electron chi connectivity index (χ1n) is 9.35. The molecular formula is C21H23N3O6. The molecule has 158 valence electrons. The molecule has 0 aromatic heterocycles. The molecule has 2 aromatic rings. The van der Waals surface area contributed by atoms with Crippen molar-refractivity contribution in [2.45, 2.75) is 0 Å². The van der Waals surface area contributed by atoms with Gasteiger partial charge in [-0.1, -0.05) is 0 Å². The minimum atomic E-state index is -0.541. The maximum atomic E-state index is 12.5. The molecule has 1 aliphatic heterocycles. The number of carbonyl (C=O) groups is 3. The van der Waals surface area contributed by atoms with E-state index in [2.05, 4.69) is 5.32 Å². The molecule has 1 heterocycles. The summed E-state index contributed by atoms with van der Waals surface area (Å²) >= 11 is 0. The van der Waals surface area contributed by atoms with Crippen molar-refractivity contribution in [1.82, 2.24) is 4.90 Å². The highest BCUT2D eigenvalue weighted by Crippen LogP contribution is 2.28. The standard InChI is InChI=1S/C21H23N3O6/c1-28-18-12-15(21(27)23-16-5-2-14(3-6-16)20(22)26)4-7-17(18)30-13-19(25)24-8-10-29-11-9-24/h2-7,12H,8-11,13H2,1H3,(H2,22,26)(H,23,27). The predicted molar refractivity (Wildman–Crippen MR) is 109 cm³/mol. The Balaban J connectivity index is 1.63. The Labute approximate surface area is 173 Å². The molecule has 1 aliphatic rings. The summed E-state index contributed by atoms with van der Waals surface area (Å²) in [6.07, 6.45) is 0. The van der Waals surface area contributed by atoms with Crippen LogP contribution in [0.3, 0.4) is 0 Å². The number of nitrogens with two attached hydrogens (primary N) is 1. The molecule has 0 atom stereocenters. The van der Waals surface area contributed by atoms with Crippen molar-refractivity contribution >= 4 is 23.4 Å². The van der Waals surface area contributed by atoms with E-state index in [1.54, 1.807) is 29.2 Å². The first-order chi connectivity index (χ1) is 14.5. The molecule has 0 saturated carbocycles. The van der Waals surface area contributed by atoms with Crippen molar-refractivity contribution in [1.29, 1.82) is 0 Å². The third kappa shape index (κ3) is 5.26. The van der Waals surface area contributed by atoms with E-state index in [4.69, 9.17) is 19.9 Å². The first-order valence-corrected chi connectivity index (χ1v) is 9.35. The third-order valence-corrected chi connectivity index (χ3v) is 4.57. The molecule has 30 heavy (non-hydrogen) atoms. The zero-order chi connectivity index (χ0) is 21.5. The van der Waals surface area contributed by atoms with E-state index in [1.165, 1.54) is 25.3 Å². The molecule has 3 N–H and O–H groups in total. The van der Waals surface area contributed by atoms with Crippen molar-refractivity contribution in [3.63, 3.8) is 0 Å². The number of methoxy groups -OCH3 is 1. The minimum Gasteiger partial charge on any atom is -0.493 e. The number of benzene rings is 2. The highest BCUT2D eigenvalue weighted by molar-refractivity contribution is 6.05. The molecule has 0 unspecified atom stereocenters. The fraction of sp³-hybridized carbons (Fsp3) is 0.286. The summed E-state index contributed by atoms with van der Waals surface area (Å²) in [5.41, 5.74) is 6.42. The van der Waals surface area contributed by atoms with Crippen LogP contribution in [0.2, 0.25) is 0 Å². The van der Waals surface area contributed by atoms with Crippen LogP contribution < -0.4 is 20.5 Å². The Morgan fingerprint density at radius 3 is 2.33 bits per heavy atom. The largest absolute Gasteiger partial charge is 0.493 e. The monoisotopic (exact) mass is 413 g/mol. The van der Waals surface area contributed by atoms with Gasteiger partial charge in [-0.15, -0.1) is 0 Å². The van der Waals surface area contributed by atoms with Crippen LogP contribution in [0.4, 0.5) is 5.69 Å². The second kappa shape index (κ2) is 9.75. The van der Waals surface area contributed by atoms with Gasteiger partial charge >= 0.3 is 0 Å². The Hall–Kier alpha value is -3.59. The second-order valence-electron chi connectivity index (χ2n) is 6.54. The lowest BCUT2D eigenvalue weighted by Gasteiger charge is -2.26. The van der Waals surface area contributed by atoms with Crippen LogP contribution in [0.1, 0.15) is 20.7 Å². The second-order valence-corrected chi connectivity index (χ2v) is 6.54. The van der Waals surface area contributed by atoms with Crippen molar-refractivity contribution in [3.05, 3.63) is 53.6 Å². The summed E-state index contributed by atoms with van der Waals surface area (Å²) < 4.78 is 16.1. The van der Waals surface area contributed by atoms with Crippen molar-refractivity contribution < 1.29 is 28.6 Å². The van der Waals surface area contributed by atoms with Crippen molar-refractivity contribution in [3.8, 4) is 11.5 Å². The van der Waals surface area contributed by atoms with Crippen LogP contribution >= 0.6 is 0 Å². The number of carbonyl (C=O) groups excluding carboxylic acids is 3. The average Bonchev–Trinajstić information content (AvgIpc) is 2.78. The van der Waals surface area contributed by atoms with Gasteiger partial charge in [0.05, 0.1) is 20.3 Å². The van der Waals surface area contributed by atoms with Crippen LogP contribution in [0.15, 0.2) is 42.5 Å². The topological polar surface area (TPSA) is 120 Å². The Morgan fingerprint density at radius 2 is 1.70 bits per heavy atom. The van der Waals surface area contributed by atoms with Gasteiger partial charge in [-0.05, 0) is 42.5 Å². The number of morpholine rings is 1. The molecule has 9 nitrogen and oxygen atoms in total. The van der Waals surface area contributed by atoms with E-state index in [1.807, 2.05) is 0 Å². The van der Waals surface area contributed by atoms with Crippen LogP contribution in [-0.2, 0) is 9.53 Å². The number of nitrogens with one attached hydrogen (secondary N) is 1. The lowest BCUT2D eigenvalue weighted by atomic mass is 10.1. The van der Waals surface area contributed by atoms with E-state index in [0.717, 1.165) is 0 Å². The molecule has 1 saturated heterocycles. The van der Waals surface area contributed by atoms with E-state index in [9.17, 15) is 14.4 Å². The molecule has 3 rings (SSSR count). The van der Waals surface area contributed by atoms with Gasteiger partial charge in [0.15, 0.2) is 18.1 Å². The van der Waals surface area contributed by atoms with Crippen LogP contribution in [0, 0.1) is 0 Å².